The number of phenolic OH excluding ortho intramolecular Hbond substituents is 1. The van der Waals surface area contributed by atoms with Crippen LogP contribution >= 0.6 is 0 Å². The molecule has 1 aromatic carbocycles. The third kappa shape index (κ3) is 3.47. The monoisotopic (exact) mass is 265 g/mol. The summed E-state index contributed by atoms with van der Waals surface area (Å²) in [6.07, 6.45) is 0.271. The summed E-state index contributed by atoms with van der Waals surface area (Å²) in [5.74, 6) is -0.116. The number of phenols is 1. The molecule has 0 heterocycles. The maximum Gasteiger partial charge on any atom is 0.251 e. The van der Waals surface area contributed by atoms with Gasteiger partial charge >= 0.3 is 0 Å². The van der Waals surface area contributed by atoms with E-state index in [9.17, 15) is 15.0 Å². The second-order valence-electron chi connectivity index (χ2n) is 5.32. The first kappa shape index (κ1) is 15.5. The molecule has 0 spiro atoms. The number of aliphatic hydroxyl groups is 1. The van der Waals surface area contributed by atoms with Crippen molar-refractivity contribution in [2.75, 3.05) is 6.54 Å². The van der Waals surface area contributed by atoms with E-state index in [1.54, 1.807) is 32.0 Å². The van der Waals surface area contributed by atoms with Gasteiger partial charge in [0.2, 0.25) is 0 Å². The minimum Gasteiger partial charge on any atom is -0.508 e. The van der Waals surface area contributed by atoms with E-state index in [-0.39, 0.29) is 17.1 Å². The van der Waals surface area contributed by atoms with Gasteiger partial charge in [0.1, 0.15) is 5.75 Å². The lowest BCUT2D eigenvalue weighted by molar-refractivity contribution is 0.0473. The fourth-order valence-corrected chi connectivity index (χ4v) is 1.81. The predicted molar refractivity (Wildman–Crippen MR) is 75.3 cm³/mol. The molecule has 0 bridgehead atoms. The van der Waals surface area contributed by atoms with Crippen LogP contribution < -0.4 is 5.32 Å². The van der Waals surface area contributed by atoms with Crippen LogP contribution in [-0.2, 0) is 0 Å². The largest absolute Gasteiger partial charge is 0.508 e. The van der Waals surface area contributed by atoms with E-state index in [4.69, 9.17) is 0 Å². The van der Waals surface area contributed by atoms with Crippen LogP contribution in [0.5, 0.6) is 5.75 Å². The lowest BCUT2D eigenvalue weighted by Gasteiger charge is -2.31. The number of rotatable bonds is 5. The molecule has 0 aromatic heterocycles. The highest BCUT2D eigenvalue weighted by Gasteiger charge is 2.28. The predicted octanol–water partition coefficient (Wildman–Crippen LogP) is 2.23. The third-order valence-corrected chi connectivity index (χ3v) is 4.02. The second kappa shape index (κ2) is 6.06. The number of aromatic hydroxyl groups is 1. The number of nitrogens with one attached hydrogen (secondary N) is 1. The summed E-state index contributed by atoms with van der Waals surface area (Å²) < 4.78 is 0. The van der Waals surface area contributed by atoms with Crippen LogP contribution in [0, 0.1) is 12.3 Å². The van der Waals surface area contributed by atoms with E-state index in [0.717, 1.165) is 6.42 Å². The number of amides is 1. The Hall–Kier alpha value is -1.55. The van der Waals surface area contributed by atoms with E-state index in [0.29, 0.717) is 17.7 Å². The van der Waals surface area contributed by atoms with Gasteiger partial charge in [-0.1, -0.05) is 19.9 Å². The number of carbonyl (C=O) groups is 1. The molecule has 4 nitrogen and oxygen atoms in total. The Balaban J connectivity index is 2.78. The van der Waals surface area contributed by atoms with Gasteiger partial charge in [-0.3, -0.25) is 4.79 Å². The van der Waals surface area contributed by atoms with Crippen LogP contribution in [0.4, 0.5) is 0 Å². The molecular formula is C15H23NO3. The molecule has 2 atom stereocenters. The average molecular weight is 265 g/mol. The Bertz CT molecular complexity index is 457. The van der Waals surface area contributed by atoms with Gasteiger partial charge in [0, 0.05) is 23.1 Å². The summed E-state index contributed by atoms with van der Waals surface area (Å²) >= 11 is 0. The van der Waals surface area contributed by atoms with Crippen molar-refractivity contribution in [1.29, 1.82) is 0 Å². The van der Waals surface area contributed by atoms with Gasteiger partial charge < -0.3 is 15.5 Å². The molecule has 19 heavy (non-hydrogen) atoms. The van der Waals surface area contributed by atoms with Crippen molar-refractivity contribution in [1.82, 2.24) is 5.32 Å². The molecule has 0 fully saturated rings. The molecule has 106 valence electrons. The SMILES string of the molecule is CC[C@@](C)(CNC(=O)c1cccc(O)c1C)[C@H](C)O. The highest BCUT2D eigenvalue weighted by Crippen LogP contribution is 2.25. The smallest absolute Gasteiger partial charge is 0.251 e. The number of benzene rings is 1. The van der Waals surface area contributed by atoms with Gasteiger partial charge in [0.25, 0.3) is 5.91 Å². The van der Waals surface area contributed by atoms with Crippen molar-refractivity contribution in [2.45, 2.75) is 40.2 Å². The van der Waals surface area contributed by atoms with Crippen molar-refractivity contribution in [3.63, 3.8) is 0 Å². The van der Waals surface area contributed by atoms with Crippen LogP contribution in [-0.4, -0.2) is 28.8 Å². The summed E-state index contributed by atoms with van der Waals surface area (Å²) in [4.78, 5) is 12.1. The molecule has 0 saturated heterocycles. The molecule has 1 rings (SSSR count). The van der Waals surface area contributed by atoms with E-state index in [1.807, 2.05) is 13.8 Å². The number of hydrogen-bond donors (Lipinski definition) is 3. The first-order valence-corrected chi connectivity index (χ1v) is 6.56. The summed E-state index contributed by atoms with van der Waals surface area (Å²) in [5.41, 5.74) is 0.680. The lowest BCUT2D eigenvalue weighted by atomic mass is 9.82. The highest BCUT2D eigenvalue weighted by molar-refractivity contribution is 5.96. The quantitative estimate of drug-likeness (QED) is 0.764. The van der Waals surface area contributed by atoms with E-state index in [2.05, 4.69) is 5.32 Å². The third-order valence-electron chi connectivity index (χ3n) is 4.02. The van der Waals surface area contributed by atoms with E-state index < -0.39 is 6.10 Å². The lowest BCUT2D eigenvalue weighted by Crippen LogP contribution is -2.42. The van der Waals surface area contributed by atoms with Crippen molar-refractivity contribution >= 4 is 5.91 Å². The van der Waals surface area contributed by atoms with Gasteiger partial charge in [-0.05, 0) is 32.4 Å². The molecule has 0 aliphatic carbocycles. The first-order valence-electron chi connectivity index (χ1n) is 6.56. The van der Waals surface area contributed by atoms with Crippen molar-refractivity contribution in [2.24, 2.45) is 5.41 Å². The van der Waals surface area contributed by atoms with Crippen molar-refractivity contribution in [3.05, 3.63) is 29.3 Å². The Morgan fingerprint density at radius 1 is 1.47 bits per heavy atom. The molecule has 1 amide bonds. The number of carbonyl (C=O) groups excluding carboxylic acids is 1. The molecule has 4 heteroatoms. The van der Waals surface area contributed by atoms with E-state index in [1.165, 1.54) is 0 Å². The van der Waals surface area contributed by atoms with Gasteiger partial charge in [-0.25, -0.2) is 0 Å². The molecule has 0 unspecified atom stereocenters. The van der Waals surface area contributed by atoms with E-state index >= 15 is 0 Å². The zero-order chi connectivity index (χ0) is 14.6. The Morgan fingerprint density at radius 2 is 2.11 bits per heavy atom. The maximum absolute atomic E-state index is 12.1. The zero-order valence-electron chi connectivity index (χ0n) is 12.0. The van der Waals surface area contributed by atoms with Gasteiger partial charge in [0.05, 0.1) is 6.10 Å². The maximum atomic E-state index is 12.1. The number of hydrogen-bond acceptors (Lipinski definition) is 3. The highest BCUT2D eigenvalue weighted by atomic mass is 16.3. The second-order valence-corrected chi connectivity index (χ2v) is 5.32. The fourth-order valence-electron chi connectivity index (χ4n) is 1.81. The zero-order valence-corrected chi connectivity index (χ0v) is 12.0. The molecule has 0 saturated carbocycles. The van der Waals surface area contributed by atoms with Crippen LogP contribution in [0.15, 0.2) is 18.2 Å². The summed E-state index contributed by atoms with van der Waals surface area (Å²) in [6.45, 7) is 7.76. The molecule has 3 N–H and O–H groups in total. The molecular weight excluding hydrogens is 242 g/mol. The van der Waals surface area contributed by atoms with Gasteiger partial charge in [0.15, 0.2) is 0 Å². The van der Waals surface area contributed by atoms with Crippen LogP contribution in [0.25, 0.3) is 0 Å². The van der Waals surface area contributed by atoms with Crippen LogP contribution in [0.1, 0.15) is 43.1 Å². The molecule has 0 aliphatic heterocycles. The van der Waals surface area contributed by atoms with Crippen molar-refractivity contribution in [3.8, 4) is 5.75 Å². The standard InChI is InChI=1S/C15H23NO3/c1-5-15(4,11(3)17)9-16-14(19)12-7-6-8-13(18)10(12)2/h6-8,11,17-18H,5,9H2,1-4H3,(H,16,19)/t11-,15-/m0/s1. The first-order chi connectivity index (χ1) is 8.81. The van der Waals surface area contributed by atoms with Crippen LogP contribution in [0.2, 0.25) is 0 Å². The minimum atomic E-state index is -0.497. The van der Waals surface area contributed by atoms with Crippen LogP contribution in [0.3, 0.4) is 0 Å². The molecule has 1 aromatic rings. The van der Waals surface area contributed by atoms with Crippen molar-refractivity contribution < 1.29 is 15.0 Å². The average Bonchev–Trinajstić information content (AvgIpc) is 2.38. The normalized spacial score (nSPS) is 15.6. The summed E-state index contributed by atoms with van der Waals surface area (Å²) in [7, 11) is 0. The Morgan fingerprint density at radius 3 is 2.63 bits per heavy atom. The Labute approximate surface area is 114 Å². The van der Waals surface area contributed by atoms with Gasteiger partial charge in [-0.2, -0.15) is 0 Å². The summed E-state index contributed by atoms with van der Waals surface area (Å²) in [6, 6.07) is 4.87. The molecule has 0 aliphatic rings. The number of aliphatic hydroxyl groups excluding tert-OH is 1. The Kier molecular flexibility index (Phi) is 4.95. The topological polar surface area (TPSA) is 69.6 Å². The fraction of sp³-hybridized carbons (Fsp3) is 0.533. The minimum absolute atomic E-state index is 0.112. The van der Waals surface area contributed by atoms with Gasteiger partial charge in [-0.15, -0.1) is 0 Å². The molecule has 0 radical (unpaired) electrons. The summed E-state index contributed by atoms with van der Waals surface area (Å²) in [5, 5.41) is 22.2.